The predicted octanol–water partition coefficient (Wildman–Crippen LogP) is 2.03. The molecule has 0 fully saturated rings. The van der Waals surface area contributed by atoms with Crippen molar-refractivity contribution in [3.63, 3.8) is 0 Å². The highest BCUT2D eigenvalue weighted by atomic mass is 19.1. The third kappa shape index (κ3) is 4.93. The largest absolute Gasteiger partial charge is 0.384 e. The first kappa shape index (κ1) is 16.6. The van der Waals surface area contributed by atoms with E-state index in [0.717, 1.165) is 12.1 Å². The molecule has 0 aliphatic carbocycles. The van der Waals surface area contributed by atoms with Crippen molar-refractivity contribution in [3.8, 4) is 11.8 Å². The molecule has 1 aromatic rings. The van der Waals surface area contributed by atoms with Gasteiger partial charge in [0.15, 0.2) is 0 Å². The summed E-state index contributed by atoms with van der Waals surface area (Å²) >= 11 is 0. The van der Waals surface area contributed by atoms with Gasteiger partial charge < -0.3 is 9.84 Å². The molecule has 20 heavy (non-hydrogen) atoms. The minimum atomic E-state index is -0.316. The van der Waals surface area contributed by atoms with Crippen LogP contribution < -0.4 is 0 Å². The Morgan fingerprint density at radius 1 is 1.45 bits per heavy atom. The Kier molecular flexibility index (Phi) is 7.24. The van der Waals surface area contributed by atoms with E-state index >= 15 is 0 Å². The van der Waals surface area contributed by atoms with E-state index < -0.39 is 0 Å². The van der Waals surface area contributed by atoms with Crippen molar-refractivity contribution in [1.29, 1.82) is 0 Å². The zero-order valence-corrected chi connectivity index (χ0v) is 12.3. The topological polar surface area (TPSA) is 32.7 Å². The second-order valence-corrected chi connectivity index (χ2v) is 4.63. The van der Waals surface area contributed by atoms with Gasteiger partial charge in [0.25, 0.3) is 0 Å². The van der Waals surface area contributed by atoms with Crippen LogP contribution in [0.4, 0.5) is 4.39 Å². The second-order valence-electron chi connectivity index (χ2n) is 4.63. The Morgan fingerprint density at radius 3 is 2.80 bits per heavy atom. The summed E-state index contributed by atoms with van der Waals surface area (Å²) in [6.07, 6.45) is 0. The first-order chi connectivity index (χ1) is 9.62. The van der Waals surface area contributed by atoms with E-state index in [2.05, 4.69) is 30.6 Å². The molecule has 0 saturated heterocycles. The fourth-order valence-electron chi connectivity index (χ4n) is 2.08. The number of rotatable bonds is 6. The Bertz CT molecular complexity index is 479. The average molecular weight is 279 g/mol. The lowest BCUT2D eigenvalue weighted by molar-refractivity contribution is 0.0981. The fraction of sp³-hybridized carbons (Fsp3) is 0.500. The maximum absolute atomic E-state index is 13.3. The van der Waals surface area contributed by atoms with Gasteiger partial charge in [0, 0.05) is 25.3 Å². The molecule has 0 radical (unpaired) electrons. The summed E-state index contributed by atoms with van der Waals surface area (Å²) in [5.41, 5.74) is 1.58. The molecule has 1 atom stereocenters. The number of likely N-dealkylation sites (N-methyl/N-ethyl adjacent to an activating group) is 1. The maximum Gasteiger partial charge on any atom is 0.124 e. The normalized spacial score (nSPS) is 12.1. The Balaban J connectivity index is 2.94. The molecular formula is C16H22FNO2. The summed E-state index contributed by atoms with van der Waals surface area (Å²) in [5.74, 6) is 5.06. The fourth-order valence-corrected chi connectivity index (χ4v) is 2.08. The lowest BCUT2D eigenvalue weighted by Crippen LogP contribution is -2.35. The molecular weight excluding hydrogens is 257 g/mol. The Labute approximate surface area is 120 Å². The van der Waals surface area contributed by atoms with Gasteiger partial charge in [-0.15, -0.1) is 0 Å². The molecule has 0 bridgehead atoms. The molecule has 3 nitrogen and oxygen atoms in total. The monoisotopic (exact) mass is 279 g/mol. The van der Waals surface area contributed by atoms with E-state index in [9.17, 15) is 4.39 Å². The van der Waals surface area contributed by atoms with E-state index in [4.69, 9.17) is 9.84 Å². The van der Waals surface area contributed by atoms with Crippen molar-refractivity contribution < 1.29 is 14.2 Å². The first-order valence-corrected chi connectivity index (χ1v) is 6.73. The minimum absolute atomic E-state index is 0.229. The maximum atomic E-state index is 13.3. The smallest absolute Gasteiger partial charge is 0.124 e. The molecule has 4 heteroatoms. The molecule has 0 saturated carbocycles. The SMILES string of the molecule is CCN(Cc1ccc(F)cc1C#CCO)C(C)COC. The predicted molar refractivity (Wildman–Crippen MR) is 77.8 cm³/mol. The van der Waals surface area contributed by atoms with E-state index in [1.54, 1.807) is 13.2 Å². The summed E-state index contributed by atoms with van der Waals surface area (Å²) in [6, 6.07) is 4.87. The number of benzene rings is 1. The number of nitrogens with zero attached hydrogens (tertiary/aromatic N) is 1. The molecule has 0 spiro atoms. The van der Waals surface area contributed by atoms with Crippen LogP contribution in [0.3, 0.4) is 0 Å². The average Bonchev–Trinajstić information content (AvgIpc) is 2.44. The summed E-state index contributed by atoms with van der Waals surface area (Å²) in [7, 11) is 1.68. The van der Waals surface area contributed by atoms with Gasteiger partial charge in [-0.1, -0.05) is 24.8 Å². The molecule has 110 valence electrons. The zero-order valence-electron chi connectivity index (χ0n) is 12.3. The molecule has 0 aliphatic heterocycles. The Morgan fingerprint density at radius 2 is 2.20 bits per heavy atom. The van der Waals surface area contributed by atoms with Gasteiger partial charge in [-0.3, -0.25) is 4.90 Å². The summed E-state index contributed by atoms with van der Waals surface area (Å²) < 4.78 is 18.5. The van der Waals surface area contributed by atoms with Gasteiger partial charge in [0.05, 0.1) is 6.61 Å². The van der Waals surface area contributed by atoms with Crippen molar-refractivity contribution in [3.05, 3.63) is 35.1 Å². The van der Waals surface area contributed by atoms with Crippen LogP contribution in [0.2, 0.25) is 0 Å². The van der Waals surface area contributed by atoms with Gasteiger partial charge in [0.2, 0.25) is 0 Å². The van der Waals surface area contributed by atoms with Crippen LogP contribution in [0, 0.1) is 17.7 Å². The lowest BCUT2D eigenvalue weighted by atomic mass is 10.1. The molecule has 0 aliphatic rings. The van der Waals surface area contributed by atoms with Gasteiger partial charge in [-0.05, 0) is 31.2 Å². The number of halogens is 1. The molecule has 1 N–H and O–H groups in total. The van der Waals surface area contributed by atoms with Crippen LogP contribution in [-0.2, 0) is 11.3 Å². The molecule has 1 rings (SSSR count). The lowest BCUT2D eigenvalue weighted by Gasteiger charge is -2.27. The quantitative estimate of drug-likeness (QED) is 0.809. The summed E-state index contributed by atoms with van der Waals surface area (Å²) in [6.45, 7) is 6.14. The third-order valence-corrected chi connectivity index (χ3v) is 3.18. The second kappa shape index (κ2) is 8.70. The van der Waals surface area contributed by atoms with Crippen molar-refractivity contribution in [2.45, 2.75) is 26.4 Å². The third-order valence-electron chi connectivity index (χ3n) is 3.18. The van der Waals surface area contributed by atoms with E-state index in [1.807, 2.05) is 0 Å². The van der Waals surface area contributed by atoms with Crippen LogP contribution in [0.15, 0.2) is 18.2 Å². The zero-order chi connectivity index (χ0) is 15.0. The molecule has 0 aromatic heterocycles. The van der Waals surface area contributed by atoms with Crippen LogP contribution in [0.5, 0.6) is 0 Å². The van der Waals surface area contributed by atoms with Crippen LogP contribution in [0.25, 0.3) is 0 Å². The van der Waals surface area contributed by atoms with Gasteiger partial charge in [0.1, 0.15) is 12.4 Å². The summed E-state index contributed by atoms with van der Waals surface area (Å²) in [4.78, 5) is 2.24. The van der Waals surface area contributed by atoms with E-state index in [-0.39, 0.29) is 18.5 Å². The number of ether oxygens (including phenoxy) is 1. The van der Waals surface area contributed by atoms with Crippen LogP contribution in [0.1, 0.15) is 25.0 Å². The molecule has 1 aromatic carbocycles. The number of hydrogen-bond acceptors (Lipinski definition) is 3. The van der Waals surface area contributed by atoms with Crippen LogP contribution >= 0.6 is 0 Å². The van der Waals surface area contributed by atoms with Gasteiger partial charge >= 0.3 is 0 Å². The van der Waals surface area contributed by atoms with Crippen molar-refractivity contribution in [2.24, 2.45) is 0 Å². The van der Waals surface area contributed by atoms with Crippen molar-refractivity contribution >= 4 is 0 Å². The molecule has 0 amide bonds. The van der Waals surface area contributed by atoms with Gasteiger partial charge in [-0.2, -0.15) is 0 Å². The molecule has 0 heterocycles. The van der Waals surface area contributed by atoms with Crippen molar-refractivity contribution in [1.82, 2.24) is 4.90 Å². The van der Waals surface area contributed by atoms with E-state index in [0.29, 0.717) is 18.7 Å². The highest BCUT2D eigenvalue weighted by Gasteiger charge is 2.14. The number of hydrogen-bond donors (Lipinski definition) is 1. The van der Waals surface area contributed by atoms with E-state index in [1.165, 1.54) is 12.1 Å². The number of aliphatic hydroxyl groups excluding tert-OH is 1. The highest BCUT2D eigenvalue weighted by Crippen LogP contribution is 2.15. The standard InChI is InChI=1S/C16H22FNO2/c1-4-18(13(2)12-20-3)11-15-7-8-16(17)10-14(15)6-5-9-19/h7-8,10,13,19H,4,9,11-12H2,1-3H3. The van der Waals surface area contributed by atoms with Crippen LogP contribution in [-0.4, -0.2) is 42.9 Å². The highest BCUT2D eigenvalue weighted by molar-refractivity contribution is 5.41. The first-order valence-electron chi connectivity index (χ1n) is 6.73. The minimum Gasteiger partial charge on any atom is -0.384 e. The van der Waals surface area contributed by atoms with Crippen molar-refractivity contribution in [2.75, 3.05) is 26.9 Å². The number of methoxy groups -OCH3 is 1. The van der Waals surface area contributed by atoms with Gasteiger partial charge in [-0.25, -0.2) is 4.39 Å². The Hall–Kier alpha value is -1.41. The summed E-state index contributed by atoms with van der Waals surface area (Å²) in [5, 5.41) is 8.78. The number of aliphatic hydroxyl groups is 1. The molecule has 1 unspecified atom stereocenters.